The SMILES string of the molecule is COc1cc(Oc2cccc(C(=O)N/N=C/c3cc(C)c(O)c(Br)c3)c2)ccc1F. The van der Waals surface area contributed by atoms with Crippen LogP contribution in [0.15, 0.2) is 64.2 Å². The van der Waals surface area contributed by atoms with Gasteiger partial charge in [-0.05, 0) is 76.4 Å². The van der Waals surface area contributed by atoms with Crippen LogP contribution in [0.3, 0.4) is 0 Å². The van der Waals surface area contributed by atoms with Gasteiger partial charge in [0.25, 0.3) is 5.91 Å². The third-order valence-corrected chi connectivity index (χ3v) is 4.72. The van der Waals surface area contributed by atoms with Crippen LogP contribution in [0, 0.1) is 12.7 Å². The number of hydrazone groups is 1. The Bertz CT molecular complexity index is 1100. The topological polar surface area (TPSA) is 80.2 Å². The van der Waals surface area contributed by atoms with Crippen LogP contribution in [0.25, 0.3) is 0 Å². The number of ether oxygens (including phenoxy) is 2. The molecule has 3 aromatic rings. The fourth-order valence-corrected chi connectivity index (χ4v) is 3.19. The van der Waals surface area contributed by atoms with Gasteiger partial charge >= 0.3 is 0 Å². The molecule has 3 aromatic carbocycles. The summed E-state index contributed by atoms with van der Waals surface area (Å²) in [6.45, 7) is 1.76. The average Bonchev–Trinajstić information content (AvgIpc) is 2.73. The summed E-state index contributed by atoms with van der Waals surface area (Å²) in [5.41, 5.74) is 4.17. The molecule has 0 saturated carbocycles. The quantitative estimate of drug-likeness (QED) is 0.383. The summed E-state index contributed by atoms with van der Waals surface area (Å²) in [7, 11) is 1.37. The third-order valence-electron chi connectivity index (χ3n) is 4.11. The van der Waals surface area contributed by atoms with Crippen LogP contribution in [0.1, 0.15) is 21.5 Å². The minimum Gasteiger partial charge on any atom is -0.506 e. The van der Waals surface area contributed by atoms with Crippen LogP contribution >= 0.6 is 15.9 Å². The van der Waals surface area contributed by atoms with E-state index in [0.717, 1.165) is 0 Å². The van der Waals surface area contributed by atoms with E-state index in [1.54, 1.807) is 43.3 Å². The second kappa shape index (κ2) is 9.41. The Labute approximate surface area is 181 Å². The van der Waals surface area contributed by atoms with Crippen molar-refractivity contribution in [3.05, 3.63) is 81.6 Å². The molecule has 0 saturated heterocycles. The number of amides is 1. The maximum absolute atomic E-state index is 13.5. The first kappa shape index (κ1) is 21.3. The lowest BCUT2D eigenvalue weighted by Crippen LogP contribution is -2.17. The van der Waals surface area contributed by atoms with Crippen molar-refractivity contribution in [3.63, 3.8) is 0 Å². The van der Waals surface area contributed by atoms with Gasteiger partial charge in [-0.2, -0.15) is 5.10 Å². The van der Waals surface area contributed by atoms with Gasteiger partial charge in [-0.15, -0.1) is 0 Å². The van der Waals surface area contributed by atoms with Crippen molar-refractivity contribution in [1.82, 2.24) is 5.43 Å². The van der Waals surface area contributed by atoms with Crippen molar-refractivity contribution < 1.29 is 23.8 Å². The molecule has 0 aromatic heterocycles. The monoisotopic (exact) mass is 472 g/mol. The van der Waals surface area contributed by atoms with Gasteiger partial charge in [-0.25, -0.2) is 9.82 Å². The largest absolute Gasteiger partial charge is 0.506 e. The summed E-state index contributed by atoms with van der Waals surface area (Å²) in [5, 5.41) is 13.7. The Morgan fingerprint density at radius 3 is 2.67 bits per heavy atom. The minimum atomic E-state index is -0.494. The van der Waals surface area contributed by atoms with Crippen molar-refractivity contribution in [2.45, 2.75) is 6.92 Å². The van der Waals surface area contributed by atoms with E-state index in [1.165, 1.54) is 31.5 Å². The Hall–Kier alpha value is -3.39. The molecule has 0 aliphatic heterocycles. The number of nitrogens with one attached hydrogen (secondary N) is 1. The van der Waals surface area contributed by atoms with Gasteiger partial charge in [0.1, 0.15) is 17.2 Å². The van der Waals surface area contributed by atoms with Gasteiger partial charge in [0, 0.05) is 11.6 Å². The average molecular weight is 473 g/mol. The van der Waals surface area contributed by atoms with E-state index < -0.39 is 11.7 Å². The van der Waals surface area contributed by atoms with E-state index in [4.69, 9.17) is 9.47 Å². The van der Waals surface area contributed by atoms with Crippen LogP contribution in [0.4, 0.5) is 4.39 Å². The Balaban J connectivity index is 1.69. The van der Waals surface area contributed by atoms with Crippen LogP contribution in [-0.4, -0.2) is 24.3 Å². The highest BCUT2D eigenvalue weighted by molar-refractivity contribution is 9.10. The molecular weight excluding hydrogens is 455 g/mol. The fourth-order valence-electron chi connectivity index (χ4n) is 2.61. The molecule has 0 unspecified atom stereocenters. The van der Waals surface area contributed by atoms with E-state index in [2.05, 4.69) is 26.5 Å². The highest BCUT2D eigenvalue weighted by Crippen LogP contribution is 2.29. The van der Waals surface area contributed by atoms with Crippen molar-refractivity contribution >= 4 is 28.1 Å². The molecule has 0 heterocycles. The van der Waals surface area contributed by atoms with Crippen LogP contribution in [0.2, 0.25) is 0 Å². The zero-order valence-corrected chi connectivity index (χ0v) is 17.7. The maximum atomic E-state index is 13.5. The predicted molar refractivity (Wildman–Crippen MR) is 115 cm³/mol. The first-order valence-electron chi connectivity index (χ1n) is 8.81. The fraction of sp³-hybridized carbons (Fsp3) is 0.0909. The second-order valence-electron chi connectivity index (χ2n) is 6.29. The van der Waals surface area contributed by atoms with Gasteiger partial charge < -0.3 is 14.6 Å². The summed E-state index contributed by atoms with van der Waals surface area (Å²) < 4.78 is 24.7. The normalized spacial score (nSPS) is 10.8. The number of carbonyl (C=O) groups is 1. The summed E-state index contributed by atoms with van der Waals surface area (Å²) in [6.07, 6.45) is 1.47. The van der Waals surface area contributed by atoms with Crippen molar-refractivity contribution in [2.24, 2.45) is 5.10 Å². The first-order chi connectivity index (χ1) is 14.4. The highest BCUT2D eigenvalue weighted by atomic mass is 79.9. The molecule has 2 N–H and O–H groups in total. The molecule has 0 bridgehead atoms. The number of benzene rings is 3. The summed E-state index contributed by atoms with van der Waals surface area (Å²) >= 11 is 3.26. The van der Waals surface area contributed by atoms with Gasteiger partial charge in [0.2, 0.25) is 0 Å². The number of nitrogens with zero attached hydrogens (tertiary/aromatic N) is 1. The molecule has 6 nitrogen and oxygen atoms in total. The van der Waals surface area contributed by atoms with E-state index in [1.807, 2.05) is 0 Å². The summed E-state index contributed by atoms with van der Waals surface area (Å²) in [6, 6.07) is 14.0. The number of hydrogen-bond donors (Lipinski definition) is 2. The van der Waals surface area contributed by atoms with Crippen LogP contribution in [0.5, 0.6) is 23.0 Å². The Morgan fingerprint density at radius 2 is 1.93 bits per heavy atom. The number of halogens is 2. The van der Waals surface area contributed by atoms with Gasteiger partial charge in [-0.3, -0.25) is 4.79 Å². The number of phenols is 1. The molecule has 3 rings (SSSR count). The minimum absolute atomic E-state index is 0.0619. The van der Waals surface area contributed by atoms with Gasteiger partial charge in [-0.1, -0.05) is 6.07 Å². The van der Waals surface area contributed by atoms with Crippen LogP contribution in [-0.2, 0) is 0 Å². The molecule has 154 valence electrons. The lowest BCUT2D eigenvalue weighted by molar-refractivity contribution is 0.0955. The molecule has 0 atom stereocenters. The number of phenolic OH excluding ortho intramolecular Hbond substituents is 1. The van der Waals surface area contributed by atoms with Crippen molar-refractivity contribution in [2.75, 3.05) is 7.11 Å². The highest BCUT2D eigenvalue weighted by Gasteiger charge is 2.09. The number of carbonyl (C=O) groups excluding carboxylic acids is 1. The zero-order chi connectivity index (χ0) is 21.7. The number of rotatable bonds is 6. The second-order valence-corrected chi connectivity index (χ2v) is 7.15. The number of aryl methyl sites for hydroxylation is 1. The molecule has 0 aliphatic rings. The third kappa shape index (κ3) is 5.15. The molecule has 0 fully saturated rings. The molecular formula is C22H18BrFN2O4. The van der Waals surface area contributed by atoms with Crippen LogP contribution < -0.4 is 14.9 Å². The summed E-state index contributed by atoms with van der Waals surface area (Å²) in [4.78, 5) is 12.4. The molecule has 8 heteroatoms. The lowest BCUT2D eigenvalue weighted by atomic mass is 10.1. The number of methoxy groups -OCH3 is 1. The first-order valence-corrected chi connectivity index (χ1v) is 9.60. The maximum Gasteiger partial charge on any atom is 0.271 e. The smallest absolute Gasteiger partial charge is 0.271 e. The summed E-state index contributed by atoms with van der Waals surface area (Å²) in [5.74, 6) is 0.0729. The van der Waals surface area contributed by atoms with E-state index in [-0.39, 0.29) is 11.5 Å². The van der Waals surface area contributed by atoms with Crippen molar-refractivity contribution in [1.29, 1.82) is 0 Å². The van der Waals surface area contributed by atoms with E-state index >= 15 is 0 Å². The molecule has 0 radical (unpaired) electrons. The Morgan fingerprint density at radius 1 is 1.17 bits per heavy atom. The predicted octanol–water partition coefficient (Wildman–Crippen LogP) is 5.17. The van der Waals surface area contributed by atoms with E-state index in [0.29, 0.717) is 32.7 Å². The number of hydrogen-bond acceptors (Lipinski definition) is 5. The molecule has 0 spiro atoms. The van der Waals surface area contributed by atoms with Gasteiger partial charge in [0.15, 0.2) is 11.6 Å². The lowest BCUT2D eigenvalue weighted by Gasteiger charge is -2.09. The molecule has 0 aliphatic carbocycles. The molecule has 30 heavy (non-hydrogen) atoms. The number of aromatic hydroxyl groups is 1. The Kier molecular flexibility index (Phi) is 6.68. The zero-order valence-electron chi connectivity index (χ0n) is 16.1. The standard InChI is InChI=1S/C22H18BrFN2O4/c1-13-8-14(9-18(23)21(13)27)12-25-26-22(28)15-4-3-5-16(10-15)30-17-6-7-19(24)20(11-17)29-2/h3-12,27H,1-2H3,(H,26,28)/b25-12+. The van der Waals surface area contributed by atoms with Crippen molar-refractivity contribution in [3.8, 4) is 23.0 Å². The molecule has 1 amide bonds. The van der Waals surface area contributed by atoms with Gasteiger partial charge in [0.05, 0.1) is 17.8 Å². The van der Waals surface area contributed by atoms with E-state index in [9.17, 15) is 14.3 Å².